The Kier molecular flexibility index (Phi) is 4.42. The number of nitrogens with one attached hydrogen (secondary N) is 1. The number of nitrogens with zero attached hydrogens (tertiary/aromatic N) is 1. The van der Waals surface area contributed by atoms with Crippen LogP contribution in [0.4, 0.5) is 5.69 Å². The standard InChI is InChI=1S/C19H20N2O2/c1-14-7-9-16(10-8-14)21-17(11-12-18(21)22)19(23)20-13-15-5-3-2-4-6-15/h2-10,17H,11-13H2,1H3,(H,20,23). The largest absolute Gasteiger partial charge is 0.350 e. The highest BCUT2D eigenvalue weighted by molar-refractivity contribution is 6.03. The van der Waals surface area contributed by atoms with Gasteiger partial charge in [-0.2, -0.15) is 0 Å². The van der Waals surface area contributed by atoms with E-state index in [1.165, 1.54) is 0 Å². The molecule has 2 aromatic carbocycles. The summed E-state index contributed by atoms with van der Waals surface area (Å²) in [6.07, 6.45) is 0.977. The van der Waals surface area contributed by atoms with Crippen molar-refractivity contribution >= 4 is 17.5 Å². The maximum absolute atomic E-state index is 12.5. The van der Waals surface area contributed by atoms with E-state index >= 15 is 0 Å². The molecule has 0 radical (unpaired) electrons. The number of amides is 2. The lowest BCUT2D eigenvalue weighted by molar-refractivity contribution is -0.124. The van der Waals surface area contributed by atoms with E-state index in [4.69, 9.17) is 0 Å². The Morgan fingerprint density at radius 2 is 1.83 bits per heavy atom. The molecular formula is C19H20N2O2. The summed E-state index contributed by atoms with van der Waals surface area (Å²) in [4.78, 5) is 26.3. The molecule has 1 aliphatic heterocycles. The molecule has 0 bridgehead atoms. The molecule has 3 rings (SSSR count). The molecule has 0 saturated carbocycles. The SMILES string of the molecule is Cc1ccc(N2C(=O)CCC2C(=O)NCc2ccccc2)cc1. The molecule has 1 unspecified atom stereocenters. The summed E-state index contributed by atoms with van der Waals surface area (Å²) in [6, 6.07) is 17.1. The first kappa shape index (κ1) is 15.3. The van der Waals surface area contributed by atoms with Crippen LogP contribution in [0.5, 0.6) is 0 Å². The van der Waals surface area contributed by atoms with Crippen LogP contribution < -0.4 is 10.2 Å². The molecule has 1 heterocycles. The second-order valence-corrected chi connectivity index (χ2v) is 5.86. The molecular weight excluding hydrogens is 288 g/mol. The van der Waals surface area contributed by atoms with Gasteiger partial charge in [-0.3, -0.25) is 14.5 Å². The van der Waals surface area contributed by atoms with Crippen LogP contribution in [0.3, 0.4) is 0 Å². The van der Waals surface area contributed by atoms with Crippen molar-refractivity contribution in [3.63, 3.8) is 0 Å². The van der Waals surface area contributed by atoms with Crippen molar-refractivity contribution in [1.82, 2.24) is 5.32 Å². The number of anilines is 1. The van der Waals surface area contributed by atoms with Gasteiger partial charge in [0.05, 0.1) is 0 Å². The number of carbonyl (C=O) groups is 2. The lowest BCUT2D eigenvalue weighted by Crippen LogP contribution is -2.44. The summed E-state index contributed by atoms with van der Waals surface area (Å²) in [5.41, 5.74) is 2.97. The van der Waals surface area contributed by atoms with Crippen LogP contribution in [0.25, 0.3) is 0 Å². The normalized spacial score (nSPS) is 17.3. The molecule has 1 saturated heterocycles. The van der Waals surface area contributed by atoms with Crippen molar-refractivity contribution in [3.8, 4) is 0 Å². The average Bonchev–Trinajstić information content (AvgIpc) is 2.96. The predicted molar refractivity (Wildman–Crippen MR) is 90.0 cm³/mol. The Hall–Kier alpha value is -2.62. The van der Waals surface area contributed by atoms with Gasteiger partial charge >= 0.3 is 0 Å². The Balaban J connectivity index is 1.71. The molecule has 1 aliphatic rings. The first-order valence-electron chi connectivity index (χ1n) is 7.85. The first-order valence-corrected chi connectivity index (χ1v) is 7.85. The van der Waals surface area contributed by atoms with Crippen LogP contribution in [0.15, 0.2) is 54.6 Å². The van der Waals surface area contributed by atoms with Gasteiger partial charge in [-0.25, -0.2) is 0 Å². The molecule has 1 N–H and O–H groups in total. The fraction of sp³-hybridized carbons (Fsp3) is 0.263. The third-order valence-corrected chi connectivity index (χ3v) is 4.14. The number of rotatable bonds is 4. The fourth-order valence-corrected chi connectivity index (χ4v) is 2.86. The second-order valence-electron chi connectivity index (χ2n) is 5.86. The zero-order valence-electron chi connectivity index (χ0n) is 13.2. The molecule has 118 valence electrons. The summed E-state index contributed by atoms with van der Waals surface area (Å²) >= 11 is 0. The van der Waals surface area contributed by atoms with Crippen LogP contribution in [0, 0.1) is 6.92 Å². The van der Waals surface area contributed by atoms with Crippen LogP contribution in [0.1, 0.15) is 24.0 Å². The Bertz CT molecular complexity index is 695. The second kappa shape index (κ2) is 6.65. The summed E-state index contributed by atoms with van der Waals surface area (Å²) in [5.74, 6) is -0.0889. The van der Waals surface area contributed by atoms with Crippen LogP contribution in [0.2, 0.25) is 0 Å². The molecule has 2 amide bonds. The quantitative estimate of drug-likeness (QED) is 0.944. The molecule has 2 aromatic rings. The van der Waals surface area contributed by atoms with Gasteiger partial charge in [-0.1, -0.05) is 48.0 Å². The third kappa shape index (κ3) is 3.42. The minimum Gasteiger partial charge on any atom is -0.350 e. The topological polar surface area (TPSA) is 49.4 Å². The van der Waals surface area contributed by atoms with E-state index in [9.17, 15) is 9.59 Å². The smallest absolute Gasteiger partial charge is 0.243 e. The van der Waals surface area contributed by atoms with E-state index in [0.717, 1.165) is 16.8 Å². The first-order chi connectivity index (χ1) is 11.1. The highest BCUT2D eigenvalue weighted by Crippen LogP contribution is 2.27. The lowest BCUT2D eigenvalue weighted by Gasteiger charge is -2.24. The van der Waals surface area contributed by atoms with Crippen LogP contribution >= 0.6 is 0 Å². The molecule has 1 atom stereocenters. The molecule has 0 spiro atoms. The number of hydrogen-bond donors (Lipinski definition) is 1. The van der Waals surface area contributed by atoms with Crippen molar-refractivity contribution in [1.29, 1.82) is 0 Å². The number of hydrogen-bond acceptors (Lipinski definition) is 2. The number of aryl methyl sites for hydroxylation is 1. The van der Waals surface area contributed by atoms with Crippen molar-refractivity contribution < 1.29 is 9.59 Å². The summed E-state index contributed by atoms with van der Waals surface area (Å²) in [6.45, 7) is 2.48. The van der Waals surface area contributed by atoms with Crippen molar-refractivity contribution in [2.75, 3.05) is 4.90 Å². The molecule has 0 aromatic heterocycles. The van der Waals surface area contributed by atoms with Gasteiger partial charge in [0.1, 0.15) is 6.04 Å². The zero-order valence-corrected chi connectivity index (χ0v) is 13.2. The van der Waals surface area contributed by atoms with E-state index in [0.29, 0.717) is 19.4 Å². The van der Waals surface area contributed by atoms with Gasteiger partial charge in [-0.05, 0) is 31.0 Å². The van der Waals surface area contributed by atoms with Gasteiger partial charge in [0.15, 0.2) is 0 Å². The average molecular weight is 308 g/mol. The maximum atomic E-state index is 12.5. The van der Waals surface area contributed by atoms with Crippen molar-refractivity contribution in [2.24, 2.45) is 0 Å². The maximum Gasteiger partial charge on any atom is 0.243 e. The summed E-state index contributed by atoms with van der Waals surface area (Å²) < 4.78 is 0. The van der Waals surface area contributed by atoms with E-state index in [-0.39, 0.29) is 11.8 Å². The predicted octanol–water partition coefficient (Wildman–Crippen LogP) is 2.81. The lowest BCUT2D eigenvalue weighted by atomic mass is 10.1. The van der Waals surface area contributed by atoms with E-state index < -0.39 is 6.04 Å². The van der Waals surface area contributed by atoms with Gasteiger partial charge < -0.3 is 5.32 Å². The molecule has 4 heteroatoms. The number of benzene rings is 2. The fourth-order valence-electron chi connectivity index (χ4n) is 2.86. The van der Waals surface area contributed by atoms with E-state index in [2.05, 4.69) is 5.32 Å². The monoisotopic (exact) mass is 308 g/mol. The molecule has 23 heavy (non-hydrogen) atoms. The Morgan fingerprint density at radius 1 is 1.13 bits per heavy atom. The van der Waals surface area contributed by atoms with Gasteiger partial charge in [-0.15, -0.1) is 0 Å². The zero-order chi connectivity index (χ0) is 16.2. The summed E-state index contributed by atoms with van der Waals surface area (Å²) in [5, 5.41) is 2.94. The number of carbonyl (C=O) groups excluding carboxylic acids is 2. The minimum absolute atomic E-state index is 0.00807. The third-order valence-electron chi connectivity index (χ3n) is 4.14. The van der Waals surface area contributed by atoms with Gasteiger partial charge in [0, 0.05) is 18.7 Å². The van der Waals surface area contributed by atoms with E-state index in [1.54, 1.807) is 4.90 Å². The highest BCUT2D eigenvalue weighted by atomic mass is 16.2. The van der Waals surface area contributed by atoms with Crippen molar-refractivity contribution in [3.05, 3.63) is 65.7 Å². The van der Waals surface area contributed by atoms with Crippen molar-refractivity contribution in [2.45, 2.75) is 32.4 Å². The Labute approximate surface area is 136 Å². The van der Waals surface area contributed by atoms with E-state index in [1.807, 2.05) is 61.5 Å². The summed E-state index contributed by atoms with van der Waals surface area (Å²) in [7, 11) is 0. The van der Waals surface area contributed by atoms with Crippen LogP contribution in [-0.4, -0.2) is 17.9 Å². The van der Waals surface area contributed by atoms with Gasteiger partial charge in [0.25, 0.3) is 0 Å². The molecule has 1 fully saturated rings. The highest BCUT2D eigenvalue weighted by Gasteiger charge is 2.36. The molecule has 4 nitrogen and oxygen atoms in total. The Morgan fingerprint density at radius 3 is 2.52 bits per heavy atom. The van der Waals surface area contributed by atoms with Gasteiger partial charge in [0.2, 0.25) is 11.8 Å². The van der Waals surface area contributed by atoms with Crippen LogP contribution in [-0.2, 0) is 16.1 Å². The minimum atomic E-state index is -0.422. The molecule has 0 aliphatic carbocycles.